The lowest BCUT2D eigenvalue weighted by atomic mass is 9.69. The van der Waals surface area contributed by atoms with Crippen molar-refractivity contribution in [3.63, 3.8) is 0 Å². The van der Waals surface area contributed by atoms with Gasteiger partial charge in [0.1, 0.15) is 17.2 Å². The quantitative estimate of drug-likeness (QED) is 0.0592. The van der Waals surface area contributed by atoms with Crippen LogP contribution in [0.1, 0.15) is 179 Å². The minimum atomic E-state index is -0.0938. The predicted molar refractivity (Wildman–Crippen MR) is 438 cm³/mol. The highest BCUT2D eigenvalue weighted by atomic mass is 32.2. The fraction of sp³-hybridized carbons (Fsp3) is 0.426. The number of hydrogen-bond donors (Lipinski definition) is 3. The molecule has 6 aliphatic rings. The molecular formula is C94H114FN3O9S. The van der Waals surface area contributed by atoms with Gasteiger partial charge in [-0.15, -0.1) is 0 Å². The Morgan fingerprint density at radius 1 is 0.324 bits per heavy atom. The second kappa shape index (κ2) is 39.4. The van der Waals surface area contributed by atoms with Gasteiger partial charge in [-0.2, -0.15) is 3.89 Å². The van der Waals surface area contributed by atoms with Gasteiger partial charge in [-0.05, 0) is 252 Å². The average molecular weight is 1480 g/mol. The first-order valence-electron chi connectivity index (χ1n) is 39.4. The van der Waals surface area contributed by atoms with Crippen molar-refractivity contribution in [2.75, 3.05) is 103 Å². The minimum absolute atomic E-state index is 0.0938. The van der Waals surface area contributed by atoms with E-state index in [0.29, 0.717) is 70.5 Å². The maximum atomic E-state index is 10.2. The molecule has 9 aromatic rings. The molecule has 0 radical (unpaired) electrons. The SMILES string of the molecule is COC(CC1CCN(c2ccc(C3c4ccc(O)cc4CC[C@@H]3c3ccccc3)cc2)CC1)OC.COC(CC1CCN(c2ccc([C@@H]3c4ccc(O)cc4CC[C@@H]3c3ccccc3)cc2)CC1)OC.COC(CC1CCN(c2ccc([C@H]3c4ccc(O)cc4CC[C@H]3c3ccccc3)cc2)CC1)OC.CSF. The van der Waals surface area contributed by atoms with E-state index in [1.807, 2.05) is 36.4 Å². The molecule has 15 rings (SSSR count). The number of halogens is 1. The van der Waals surface area contributed by atoms with Crippen molar-refractivity contribution in [3.05, 3.63) is 285 Å². The number of phenols is 3. The van der Waals surface area contributed by atoms with Crippen LogP contribution in [0.15, 0.2) is 218 Å². The van der Waals surface area contributed by atoms with E-state index in [1.165, 1.54) is 129 Å². The summed E-state index contributed by atoms with van der Waals surface area (Å²) in [5, 5.41) is 30.3. The molecule has 0 amide bonds. The first kappa shape index (κ1) is 79.4. The van der Waals surface area contributed by atoms with Crippen molar-refractivity contribution in [2.24, 2.45) is 17.8 Å². The summed E-state index contributed by atoms with van der Waals surface area (Å²) in [6, 6.07) is 78.3. The van der Waals surface area contributed by atoms with Crippen LogP contribution < -0.4 is 14.7 Å². The summed E-state index contributed by atoms with van der Waals surface area (Å²) >= 11 is 0.250. The summed E-state index contributed by atoms with van der Waals surface area (Å²) in [6.45, 7) is 6.43. The molecule has 3 heterocycles. The number of rotatable bonds is 21. The predicted octanol–water partition coefficient (Wildman–Crippen LogP) is 20.7. The fourth-order valence-corrected chi connectivity index (χ4v) is 18.5. The summed E-state index contributed by atoms with van der Waals surface area (Å²) in [7, 11) is 10.3. The number of phenolic OH excluding ortho intramolecular Hbond substituents is 3. The van der Waals surface area contributed by atoms with Crippen LogP contribution in [0.4, 0.5) is 20.9 Å². The minimum Gasteiger partial charge on any atom is -0.508 e. The summed E-state index contributed by atoms with van der Waals surface area (Å²) in [5.74, 6) is 5.22. The highest BCUT2D eigenvalue weighted by Crippen LogP contribution is 2.51. The van der Waals surface area contributed by atoms with E-state index < -0.39 is 0 Å². The van der Waals surface area contributed by atoms with Crippen LogP contribution in [0.5, 0.6) is 17.2 Å². The lowest BCUT2D eigenvalue weighted by molar-refractivity contribution is -0.115. The molecule has 3 N–H and O–H groups in total. The number of piperidine rings is 3. The molecule has 108 heavy (non-hydrogen) atoms. The molecule has 0 saturated carbocycles. The summed E-state index contributed by atoms with van der Waals surface area (Å²) in [4.78, 5) is 7.53. The van der Waals surface area contributed by atoms with Crippen molar-refractivity contribution in [1.29, 1.82) is 0 Å². The molecule has 0 spiro atoms. The van der Waals surface area contributed by atoms with Crippen LogP contribution in [0.3, 0.4) is 0 Å². The van der Waals surface area contributed by atoms with E-state index in [2.05, 4.69) is 197 Å². The highest BCUT2D eigenvalue weighted by Gasteiger charge is 2.37. The molecule has 6 atom stereocenters. The van der Waals surface area contributed by atoms with Crippen LogP contribution in [0.25, 0.3) is 0 Å². The summed E-state index contributed by atoms with van der Waals surface area (Å²) in [6.07, 6.45) is 17.3. The molecule has 1 unspecified atom stereocenters. The van der Waals surface area contributed by atoms with Gasteiger partial charge >= 0.3 is 0 Å². The Balaban J connectivity index is 0.000000148. The second-order valence-electron chi connectivity index (χ2n) is 30.4. The van der Waals surface area contributed by atoms with Gasteiger partial charge in [-0.1, -0.05) is 146 Å². The van der Waals surface area contributed by atoms with Crippen LogP contribution >= 0.6 is 12.1 Å². The molecule has 0 aromatic heterocycles. The van der Waals surface area contributed by atoms with E-state index in [-0.39, 0.29) is 31.0 Å². The zero-order chi connectivity index (χ0) is 75.3. The Hall–Kier alpha value is -8.18. The van der Waals surface area contributed by atoms with E-state index in [0.717, 1.165) is 97.1 Å². The molecule has 3 saturated heterocycles. The number of hydrogen-bond acceptors (Lipinski definition) is 13. The van der Waals surface area contributed by atoms with Gasteiger partial charge in [0, 0.05) is 154 Å². The van der Waals surface area contributed by atoms with Gasteiger partial charge < -0.3 is 58.4 Å². The van der Waals surface area contributed by atoms with Crippen LogP contribution in [0, 0.1) is 17.8 Å². The maximum Gasteiger partial charge on any atom is 0.157 e. The normalized spacial score (nSPS) is 20.3. The molecule has 3 aliphatic heterocycles. The molecule has 572 valence electrons. The number of aryl methyl sites for hydroxylation is 3. The average Bonchev–Trinajstić information content (AvgIpc) is 0.778. The third-order valence-corrected chi connectivity index (χ3v) is 24.3. The standard InChI is InChI=1S/3C31H37NO3.CH3FS/c3*1-34-30(35-2)20-22-16-18-32(19-17-22)26-11-8-24(9-12-26)31-28(23-6-4-3-5-7-23)14-10-25-21-27(33)13-15-29(25)31;1-3-2/h3*3-9,11-13,15,21-22,28,30-31,33H,10,14,16-20H2,1-2H3;1H3/t28-,31?;2*28-,31+;/m110./s1. The van der Waals surface area contributed by atoms with Gasteiger partial charge in [-0.3, -0.25) is 0 Å². The number of ether oxygens (including phenoxy) is 6. The Bertz CT molecular complexity index is 3720. The molecule has 9 aromatic carbocycles. The topological polar surface area (TPSA) is 126 Å². The van der Waals surface area contributed by atoms with E-state index in [9.17, 15) is 19.2 Å². The zero-order valence-electron chi connectivity index (χ0n) is 64.5. The molecule has 14 heteroatoms. The lowest BCUT2D eigenvalue weighted by Gasteiger charge is -2.36. The monoisotopic (exact) mass is 1480 g/mol. The van der Waals surface area contributed by atoms with Gasteiger partial charge in [0.2, 0.25) is 0 Å². The van der Waals surface area contributed by atoms with Crippen LogP contribution in [-0.4, -0.2) is 122 Å². The van der Waals surface area contributed by atoms with E-state index >= 15 is 0 Å². The van der Waals surface area contributed by atoms with Gasteiger partial charge in [-0.25, -0.2) is 0 Å². The summed E-state index contributed by atoms with van der Waals surface area (Å²) in [5.41, 5.74) is 20.0. The number of aromatic hydroxyl groups is 3. The smallest absolute Gasteiger partial charge is 0.157 e. The number of benzene rings is 9. The molecule has 12 nitrogen and oxygen atoms in total. The summed E-state index contributed by atoms with van der Waals surface area (Å²) < 4.78 is 42.6. The third-order valence-electron chi connectivity index (χ3n) is 24.3. The Kier molecular flexibility index (Phi) is 29.0. The van der Waals surface area contributed by atoms with E-state index in [4.69, 9.17) is 28.4 Å². The first-order valence-corrected chi connectivity index (χ1v) is 40.5. The molecule has 3 aliphatic carbocycles. The molecule has 3 fully saturated rings. The van der Waals surface area contributed by atoms with Gasteiger partial charge in [0.25, 0.3) is 0 Å². The Morgan fingerprint density at radius 2 is 0.556 bits per heavy atom. The maximum absolute atomic E-state index is 10.2. The van der Waals surface area contributed by atoms with Crippen LogP contribution in [-0.2, 0) is 47.7 Å². The second-order valence-corrected chi connectivity index (χ2v) is 30.7. The fourth-order valence-electron chi connectivity index (χ4n) is 18.5. The van der Waals surface area contributed by atoms with Gasteiger partial charge in [0.15, 0.2) is 18.9 Å². The first-order chi connectivity index (χ1) is 52.9. The zero-order valence-corrected chi connectivity index (χ0v) is 65.3. The van der Waals surface area contributed by atoms with Crippen molar-refractivity contribution in [3.8, 4) is 17.2 Å². The van der Waals surface area contributed by atoms with Crippen molar-refractivity contribution in [1.82, 2.24) is 0 Å². The molecular weight excluding hydrogens is 1370 g/mol. The van der Waals surface area contributed by atoms with E-state index in [1.54, 1.807) is 42.7 Å². The number of nitrogens with zero attached hydrogens (tertiary/aromatic N) is 3. The number of methoxy groups -OCH3 is 6. The number of anilines is 3. The van der Waals surface area contributed by atoms with Crippen molar-refractivity contribution < 1.29 is 47.6 Å². The Morgan fingerprint density at radius 3 is 0.778 bits per heavy atom. The van der Waals surface area contributed by atoms with Gasteiger partial charge in [0.05, 0.1) is 0 Å². The largest absolute Gasteiger partial charge is 0.508 e. The van der Waals surface area contributed by atoms with Crippen molar-refractivity contribution >= 4 is 29.2 Å². The third kappa shape index (κ3) is 20.1. The van der Waals surface area contributed by atoms with Crippen molar-refractivity contribution in [2.45, 2.75) is 151 Å². The Labute approximate surface area is 646 Å². The van der Waals surface area contributed by atoms with Crippen LogP contribution in [0.2, 0.25) is 0 Å². The molecule has 0 bridgehead atoms. The lowest BCUT2D eigenvalue weighted by Crippen LogP contribution is -2.35. The highest BCUT2D eigenvalue weighted by molar-refractivity contribution is 7.93. The number of fused-ring (bicyclic) bond motifs is 3.